The molecule has 0 saturated carbocycles. The smallest absolute Gasteiger partial charge is 0.348 e. The Balaban J connectivity index is 1.70. The van der Waals surface area contributed by atoms with Crippen molar-refractivity contribution >= 4 is 15.7 Å². The third-order valence-corrected chi connectivity index (χ3v) is 7.03. The average Bonchev–Trinajstić information content (AvgIpc) is 2.92. The largest absolute Gasteiger partial charge is 0.416 e. The zero-order valence-corrected chi connectivity index (χ0v) is 21.8. The first-order chi connectivity index (χ1) is 18.8. The molecule has 0 spiro atoms. The highest BCUT2D eigenvalue weighted by Gasteiger charge is 2.30. The van der Waals surface area contributed by atoms with E-state index in [1.807, 2.05) is 6.07 Å². The fourth-order valence-electron chi connectivity index (χ4n) is 3.85. The van der Waals surface area contributed by atoms with Crippen LogP contribution in [0.25, 0.3) is 11.1 Å². The quantitative estimate of drug-likeness (QED) is 0.358. The lowest BCUT2D eigenvalue weighted by atomic mass is 10.0. The summed E-state index contributed by atoms with van der Waals surface area (Å²) in [4.78, 5) is 30.5. The minimum absolute atomic E-state index is 0.00190. The van der Waals surface area contributed by atoms with Gasteiger partial charge in [-0.05, 0) is 47.5 Å². The Morgan fingerprint density at radius 3 is 2.40 bits per heavy atom. The number of sulfone groups is 1. The van der Waals surface area contributed by atoms with E-state index in [-0.39, 0.29) is 34.7 Å². The summed E-state index contributed by atoms with van der Waals surface area (Å²) in [6, 6.07) is 15.6. The fraction of sp³-hybridized carbons (Fsp3) is 0.143. The summed E-state index contributed by atoms with van der Waals surface area (Å²) < 4.78 is 64.9. The molecule has 0 aliphatic rings. The normalized spacial score (nSPS) is 11.6. The van der Waals surface area contributed by atoms with Crippen molar-refractivity contribution in [3.8, 4) is 17.2 Å². The van der Waals surface area contributed by atoms with Gasteiger partial charge in [-0.25, -0.2) is 8.42 Å². The molecule has 204 valence electrons. The van der Waals surface area contributed by atoms with Crippen LogP contribution < -0.4 is 10.7 Å². The number of pyridine rings is 2. The molecule has 1 N–H and O–H groups in total. The van der Waals surface area contributed by atoms with Crippen LogP contribution in [-0.4, -0.2) is 30.1 Å². The van der Waals surface area contributed by atoms with Gasteiger partial charge in [0.05, 0.1) is 34.3 Å². The first-order valence-corrected chi connectivity index (χ1v) is 13.6. The highest BCUT2D eigenvalue weighted by molar-refractivity contribution is 7.90. The van der Waals surface area contributed by atoms with Crippen LogP contribution in [-0.2, 0) is 29.1 Å². The molecule has 0 aliphatic heterocycles. The molecule has 0 atom stereocenters. The highest BCUT2D eigenvalue weighted by Crippen LogP contribution is 2.31. The Morgan fingerprint density at radius 2 is 1.80 bits per heavy atom. The lowest BCUT2D eigenvalue weighted by Crippen LogP contribution is -2.30. The summed E-state index contributed by atoms with van der Waals surface area (Å²) in [5.41, 5.74) is -0.659. The minimum atomic E-state index is -4.63. The third kappa shape index (κ3) is 6.62. The van der Waals surface area contributed by atoms with Crippen LogP contribution >= 0.6 is 0 Å². The number of carbonyl (C=O) groups is 1. The first kappa shape index (κ1) is 28.3. The number of nitrogens with one attached hydrogen (secondary N) is 1. The molecular weight excluding hydrogens is 545 g/mol. The summed E-state index contributed by atoms with van der Waals surface area (Å²) in [5, 5.41) is 11.6. The van der Waals surface area contributed by atoms with E-state index in [2.05, 4.69) is 10.3 Å². The number of halogens is 3. The van der Waals surface area contributed by atoms with Crippen molar-refractivity contribution in [2.45, 2.75) is 24.2 Å². The van der Waals surface area contributed by atoms with E-state index in [0.29, 0.717) is 11.3 Å². The van der Waals surface area contributed by atoms with Crippen LogP contribution in [0.15, 0.2) is 88.9 Å². The number of alkyl halides is 3. The highest BCUT2D eigenvalue weighted by atomic mass is 32.2. The van der Waals surface area contributed by atoms with Gasteiger partial charge in [0.15, 0.2) is 9.84 Å². The number of amides is 1. The number of carbonyl (C=O) groups excluding carboxylic acids is 1. The minimum Gasteiger partial charge on any atom is -0.348 e. The number of nitrogens with zero attached hydrogens (tertiary/aromatic N) is 3. The van der Waals surface area contributed by atoms with Gasteiger partial charge in [0, 0.05) is 37.0 Å². The van der Waals surface area contributed by atoms with Crippen LogP contribution in [0.1, 0.15) is 32.7 Å². The van der Waals surface area contributed by atoms with E-state index < -0.39 is 32.9 Å². The summed E-state index contributed by atoms with van der Waals surface area (Å²) in [5.74, 6) is -0.790. The van der Waals surface area contributed by atoms with E-state index in [9.17, 15) is 31.2 Å². The summed E-state index contributed by atoms with van der Waals surface area (Å²) >= 11 is 0. The van der Waals surface area contributed by atoms with Gasteiger partial charge >= 0.3 is 6.18 Å². The molecule has 12 heteroatoms. The Bertz CT molecular complexity index is 1770. The number of rotatable bonds is 7. The van der Waals surface area contributed by atoms with Gasteiger partial charge in [0.2, 0.25) is 5.43 Å². The Labute approximate surface area is 227 Å². The van der Waals surface area contributed by atoms with Gasteiger partial charge in [0.25, 0.3) is 5.91 Å². The Hall–Kier alpha value is -4.76. The SMILES string of the molecule is CS(=O)(=O)c1ccc(CNC(=O)c2cn(Cc3ccc(C#N)cc3)cc(-c3cccc(C(F)(F)F)c3)c2=O)nc1. The predicted octanol–water partition coefficient (Wildman–Crippen LogP) is 4.18. The second-order valence-electron chi connectivity index (χ2n) is 8.91. The predicted molar refractivity (Wildman–Crippen MR) is 140 cm³/mol. The van der Waals surface area contributed by atoms with Gasteiger partial charge < -0.3 is 9.88 Å². The van der Waals surface area contributed by atoms with E-state index in [1.54, 1.807) is 24.3 Å². The molecule has 0 radical (unpaired) electrons. The van der Waals surface area contributed by atoms with E-state index in [1.165, 1.54) is 41.2 Å². The lowest BCUT2D eigenvalue weighted by molar-refractivity contribution is -0.137. The van der Waals surface area contributed by atoms with Crippen molar-refractivity contribution in [3.05, 3.63) is 117 Å². The number of hydrogen-bond donors (Lipinski definition) is 1. The molecule has 40 heavy (non-hydrogen) atoms. The molecule has 4 aromatic rings. The van der Waals surface area contributed by atoms with Crippen LogP contribution in [0, 0.1) is 11.3 Å². The molecule has 1 amide bonds. The molecular formula is C28H21F3N4O4S. The fourth-order valence-corrected chi connectivity index (χ4v) is 4.41. The number of hydrogen-bond acceptors (Lipinski definition) is 6. The molecule has 2 heterocycles. The van der Waals surface area contributed by atoms with Crippen LogP contribution in [0.5, 0.6) is 0 Å². The second-order valence-corrected chi connectivity index (χ2v) is 10.9. The first-order valence-electron chi connectivity index (χ1n) is 11.7. The van der Waals surface area contributed by atoms with Gasteiger partial charge in [-0.2, -0.15) is 18.4 Å². The summed E-state index contributed by atoms with van der Waals surface area (Å²) in [7, 11) is -3.46. The van der Waals surface area contributed by atoms with Crippen molar-refractivity contribution in [1.29, 1.82) is 5.26 Å². The van der Waals surface area contributed by atoms with Gasteiger partial charge in [-0.3, -0.25) is 14.6 Å². The summed E-state index contributed by atoms with van der Waals surface area (Å²) in [6.45, 7) is 0.0263. The van der Waals surface area contributed by atoms with E-state index >= 15 is 0 Å². The van der Waals surface area contributed by atoms with Crippen molar-refractivity contribution < 1.29 is 26.4 Å². The van der Waals surface area contributed by atoms with Gasteiger partial charge in [0.1, 0.15) is 5.56 Å². The molecule has 8 nitrogen and oxygen atoms in total. The van der Waals surface area contributed by atoms with Crippen molar-refractivity contribution in [3.63, 3.8) is 0 Å². The summed E-state index contributed by atoms with van der Waals surface area (Å²) in [6.07, 6.45) is 0.221. The third-order valence-electron chi connectivity index (χ3n) is 5.93. The Morgan fingerprint density at radius 1 is 1.07 bits per heavy atom. The molecule has 2 aromatic heterocycles. The number of nitriles is 1. The van der Waals surface area contributed by atoms with Gasteiger partial charge in [-0.15, -0.1) is 0 Å². The van der Waals surface area contributed by atoms with Crippen molar-refractivity contribution in [1.82, 2.24) is 14.9 Å². The maximum absolute atomic E-state index is 13.4. The van der Waals surface area contributed by atoms with Crippen LogP contribution in [0.2, 0.25) is 0 Å². The molecule has 2 aromatic carbocycles. The average molecular weight is 567 g/mol. The van der Waals surface area contributed by atoms with Crippen LogP contribution in [0.3, 0.4) is 0 Å². The maximum Gasteiger partial charge on any atom is 0.416 e. The monoisotopic (exact) mass is 566 g/mol. The zero-order chi connectivity index (χ0) is 29.1. The molecule has 0 aliphatic carbocycles. The standard InChI is InChI=1S/C28H21F3N4O4S/c1-40(38,39)23-10-9-22(33-14-23)13-34-27(37)25-17-35(15-19-7-5-18(12-32)6-8-19)16-24(26(25)36)20-3-2-4-21(11-20)28(29,30)31/h2-11,14,16-17H,13,15H2,1H3,(H,34,37). The topological polar surface area (TPSA) is 122 Å². The van der Waals surface area contributed by atoms with Gasteiger partial charge in [-0.1, -0.05) is 24.3 Å². The van der Waals surface area contributed by atoms with Crippen molar-refractivity contribution in [2.75, 3.05) is 6.26 Å². The molecule has 0 bridgehead atoms. The van der Waals surface area contributed by atoms with Crippen molar-refractivity contribution in [2.24, 2.45) is 0 Å². The molecule has 0 unspecified atom stereocenters. The Kier molecular flexibility index (Phi) is 7.88. The van der Waals surface area contributed by atoms with E-state index in [4.69, 9.17) is 5.26 Å². The molecule has 0 saturated heterocycles. The second kappa shape index (κ2) is 11.2. The number of benzene rings is 2. The molecule has 0 fully saturated rings. The maximum atomic E-state index is 13.4. The van der Waals surface area contributed by atoms with E-state index in [0.717, 1.165) is 30.1 Å². The number of aromatic nitrogens is 2. The van der Waals surface area contributed by atoms with Crippen LogP contribution in [0.4, 0.5) is 13.2 Å². The molecule has 4 rings (SSSR count). The zero-order valence-electron chi connectivity index (χ0n) is 20.9. The lowest BCUT2D eigenvalue weighted by Gasteiger charge is -2.14.